The minimum Gasteiger partial charge on any atom is -0.459 e. The van der Waals surface area contributed by atoms with Crippen LogP contribution in [0.3, 0.4) is 0 Å². The topological polar surface area (TPSA) is 158 Å². The van der Waals surface area contributed by atoms with Crippen molar-refractivity contribution in [2.45, 2.75) is 87.0 Å². The summed E-state index contributed by atoms with van der Waals surface area (Å²) in [6, 6.07) is 0. The number of ether oxygens (including phenoxy) is 6. The Hall–Kier alpha value is -5.79. The molecular formula is C40H35F15O12. The summed E-state index contributed by atoms with van der Waals surface area (Å²) in [6.45, 7) is -3.39. The van der Waals surface area contributed by atoms with Crippen molar-refractivity contribution in [3.8, 4) is 0 Å². The number of hydrogen-bond donors (Lipinski definition) is 0. The van der Waals surface area contributed by atoms with Crippen LogP contribution >= 0.6 is 0 Å². The molecular weight excluding hydrogens is 957 g/mol. The number of halogens is 15. The highest BCUT2D eigenvalue weighted by atomic mass is 19.3. The van der Waals surface area contributed by atoms with E-state index in [1.807, 2.05) is 0 Å². The van der Waals surface area contributed by atoms with Crippen LogP contribution < -0.4 is 0 Å². The first kappa shape index (κ1) is 53.8. The monoisotopic (exact) mass is 992 g/mol. The molecule has 4 aliphatic carbocycles. The summed E-state index contributed by atoms with van der Waals surface area (Å²) in [4.78, 5) is 73.4. The van der Waals surface area contributed by atoms with Crippen molar-refractivity contribution in [1.82, 2.24) is 0 Å². The smallest absolute Gasteiger partial charge is 0.330 e. The Bertz CT molecular complexity index is 2200. The number of carbonyl (C=O) groups is 6. The minimum atomic E-state index is -7.69. The van der Waals surface area contributed by atoms with Gasteiger partial charge in [-0.3, -0.25) is 0 Å². The number of esters is 6. The fraction of sp³-hybridized carbons (Fsp3) is 0.550. The Labute approximate surface area is 367 Å². The predicted octanol–water partition coefficient (Wildman–Crippen LogP) is 5.87. The van der Waals surface area contributed by atoms with E-state index in [4.69, 9.17) is 0 Å². The third kappa shape index (κ3) is 6.28. The molecule has 0 saturated heterocycles. The van der Waals surface area contributed by atoms with Crippen LogP contribution in [0, 0.1) is 5.92 Å². The zero-order valence-corrected chi connectivity index (χ0v) is 34.0. The molecule has 67 heavy (non-hydrogen) atoms. The van der Waals surface area contributed by atoms with E-state index in [0.717, 1.165) is 0 Å². The van der Waals surface area contributed by atoms with Crippen LogP contribution in [0.5, 0.6) is 0 Å². The molecule has 0 spiro atoms. The molecule has 0 bridgehead atoms. The van der Waals surface area contributed by atoms with Gasteiger partial charge in [0.2, 0.25) is 45.4 Å². The first-order valence-corrected chi connectivity index (χ1v) is 18.6. The molecule has 12 nitrogen and oxygen atoms in total. The van der Waals surface area contributed by atoms with Crippen molar-refractivity contribution in [3.05, 3.63) is 75.9 Å². The van der Waals surface area contributed by atoms with E-state index in [1.165, 1.54) is 0 Å². The molecule has 0 amide bonds. The van der Waals surface area contributed by atoms with Gasteiger partial charge in [-0.05, 0) is 0 Å². The summed E-state index contributed by atoms with van der Waals surface area (Å²) in [7, 11) is 0. The number of rotatable bonds is 18. The van der Waals surface area contributed by atoms with Crippen LogP contribution in [0.2, 0.25) is 0 Å². The van der Waals surface area contributed by atoms with E-state index < -0.39 is 168 Å². The highest BCUT2D eigenvalue weighted by molar-refractivity contribution is 5.83. The standard InChI is InChI=1S/C40H35F15O12/c1-7-21(56)62-15-28(41)13-30(43)27-36(49)31(44,33(46,18-65-24(59)10-4)32(30,45)17-64-23(58)9-3)14-29(42,16-63-22(57)8-2)40(54,55)38(36,51)35(48,20-67-26(61)12-6)34(47,19-66-25(60)11-5)37(27,50)39(28,52)53/h7-12,27H,1-6,13-20H2. The molecule has 0 aromatic rings. The average molecular weight is 993 g/mol. The quantitative estimate of drug-likeness (QED) is 0.0698. The molecule has 4 aliphatic rings. The molecule has 0 aromatic carbocycles. The van der Waals surface area contributed by atoms with Gasteiger partial charge in [0, 0.05) is 49.3 Å². The Morgan fingerprint density at radius 1 is 0.388 bits per heavy atom. The molecule has 27 heteroatoms. The second kappa shape index (κ2) is 16.5. The Morgan fingerprint density at radius 3 is 1.04 bits per heavy atom. The predicted molar refractivity (Wildman–Crippen MR) is 192 cm³/mol. The van der Waals surface area contributed by atoms with Crippen LogP contribution in [0.25, 0.3) is 0 Å². The minimum absolute atomic E-state index is 0.0145. The van der Waals surface area contributed by atoms with Gasteiger partial charge in [0.25, 0.3) is 5.67 Å². The van der Waals surface area contributed by atoms with Crippen LogP contribution in [0.15, 0.2) is 75.9 Å². The largest absolute Gasteiger partial charge is 0.459 e. The Balaban J connectivity index is 2.52. The molecule has 0 aromatic heterocycles. The van der Waals surface area contributed by atoms with E-state index in [2.05, 4.69) is 67.9 Å². The van der Waals surface area contributed by atoms with Gasteiger partial charge in [-0.2, -0.15) is 17.6 Å². The molecule has 0 aliphatic heterocycles. The second-order valence-corrected chi connectivity index (χ2v) is 15.7. The van der Waals surface area contributed by atoms with Crippen LogP contribution in [-0.4, -0.2) is 150 Å². The maximum absolute atomic E-state index is 19.3. The Kier molecular flexibility index (Phi) is 13.2. The lowest BCUT2D eigenvalue weighted by molar-refractivity contribution is -0.507. The van der Waals surface area contributed by atoms with E-state index >= 15 is 65.9 Å². The molecule has 0 heterocycles. The zero-order chi connectivity index (χ0) is 51.7. The van der Waals surface area contributed by atoms with Crippen molar-refractivity contribution >= 4 is 35.8 Å². The van der Waals surface area contributed by atoms with E-state index in [-0.39, 0.29) is 36.5 Å². The van der Waals surface area contributed by atoms with Crippen LogP contribution in [0.1, 0.15) is 12.8 Å². The highest BCUT2D eigenvalue weighted by Crippen LogP contribution is 2.86. The Morgan fingerprint density at radius 2 is 0.687 bits per heavy atom. The van der Waals surface area contributed by atoms with Gasteiger partial charge < -0.3 is 28.4 Å². The first-order valence-electron chi connectivity index (χ1n) is 18.6. The molecule has 0 N–H and O–H groups in total. The molecule has 372 valence electrons. The summed E-state index contributed by atoms with van der Waals surface area (Å²) in [5.41, 5.74) is -74.5. The van der Waals surface area contributed by atoms with Gasteiger partial charge in [-0.1, -0.05) is 39.5 Å². The summed E-state index contributed by atoms with van der Waals surface area (Å²) in [5.74, 6) is -34.0. The first-order chi connectivity index (χ1) is 30.5. The zero-order valence-electron chi connectivity index (χ0n) is 34.0. The van der Waals surface area contributed by atoms with E-state index in [9.17, 15) is 28.8 Å². The second-order valence-electron chi connectivity index (χ2n) is 15.7. The van der Waals surface area contributed by atoms with Crippen molar-refractivity contribution in [3.63, 3.8) is 0 Å². The summed E-state index contributed by atoms with van der Waals surface area (Å²) >= 11 is 0. The molecule has 0 radical (unpaired) electrons. The van der Waals surface area contributed by atoms with Crippen molar-refractivity contribution in [2.75, 3.05) is 39.6 Å². The van der Waals surface area contributed by atoms with E-state index in [1.54, 1.807) is 0 Å². The maximum atomic E-state index is 19.3. The molecule has 12 unspecified atom stereocenters. The summed E-state index contributed by atoms with van der Waals surface area (Å²) in [6.07, 6.45) is -8.16. The molecule has 4 saturated carbocycles. The third-order valence-electron chi connectivity index (χ3n) is 12.6. The fourth-order valence-electron chi connectivity index (χ4n) is 9.50. The van der Waals surface area contributed by atoms with Crippen LogP contribution in [-0.2, 0) is 57.2 Å². The van der Waals surface area contributed by atoms with Crippen molar-refractivity contribution in [2.24, 2.45) is 5.92 Å². The molecule has 4 rings (SSSR count). The van der Waals surface area contributed by atoms with Gasteiger partial charge in [0.05, 0.1) is 5.92 Å². The SMILES string of the molecule is C=CC(=O)OCC1(F)CC2(F)C3C(F)(C1(F)F)C(F)(COC(=O)C=C)C(F)(COC(=O)C=C)C1(F)C(F)(F)C(F)(COC(=O)C=C)CC(F)(C(F)(COC(=O)C=C)C2(F)COC(=O)C=C)C31F. The normalized spacial score (nSPS) is 41.9. The van der Waals surface area contributed by atoms with E-state index in [0.29, 0.717) is 0 Å². The molecule has 4 fully saturated rings. The lowest BCUT2D eigenvalue weighted by atomic mass is 9.30. The van der Waals surface area contributed by atoms with Gasteiger partial charge >= 0.3 is 47.7 Å². The van der Waals surface area contributed by atoms with Gasteiger partial charge in [-0.15, -0.1) is 0 Å². The lowest BCUT2D eigenvalue weighted by Gasteiger charge is -2.78. The number of alkyl halides is 15. The van der Waals surface area contributed by atoms with Gasteiger partial charge in [0.1, 0.15) is 39.6 Å². The number of carbonyl (C=O) groups excluding carboxylic acids is 6. The average Bonchev–Trinajstić information content (AvgIpc) is 3.28. The highest BCUT2D eigenvalue weighted by Gasteiger charge is 3.12. The van der Waals surface area contributed by atoms with Gasteiger partial charge in [-0.25, -0.2) is 77.1 Å². The molecule has 12 atom stereocenters. The van der Waals surface area contributed by atoms with Crippen molar-refractivity contribution < 1.29 is 123 Å². The fourth-order valence-corrected chi connectivity index (χ4v) is 9.50. The van der Waals surface area contributed by atoms with Crippen molar-refractivity contribution in [1.29, 1.82) is 0 Å². The lowest BCUT2D eigenvalue weighted by Crippen LogP contribution is -3.06. The van der Waals surface area contributed by atoms with Gasteiger partial charge in [0.15, 0.2) is 11.3 Å². The maximum Gasteiger partial charge on any atom is 0.330 e. The number of hydrogen-bond acceptors (Lipinski definition) is 12. The van der Waals surface area contributed by atoms with Crippen LogP contribution in [0.4, 0.5) is 65.9 Å². The summed E-state index contributed by atoms with van der Waals surface area (Å²) < 4.78 is 299. The third-order valence-corrected chi connectivity index (χ3v) is 12.6. The summed E-state index contributed by atoms with van der Waals surface area (Å²) in [5, 5.41) is 0.